The molecule has 27 heavy (non-hydrogen) atoms. The molecule has 0 amide bonds. The van der Waals surface area contributed by atoms with Gasteiger partial charge in [0, 0.05) is 31.2 Å². The van der Waals surface area contributed by atoms with Gasteiger partial charge < -0.3 is 5.32 Å². The van der Waals surface area contributed by atoms with Crippen molar-refractivity contribution in [2.45, 2.75) is 57.7 Å². The van der Waals surface area contributed by atoms with Crippen LogP contribution in [-0.4, -0.2) is 22.5 Å². The highest BCUT2D eigenvalue weighted by molar-refractivity contribution is 6.30. The van der Waals surface area contributed by atoms with Crippen LogP contribution < -0.4 is 5.32 Å². The Morgan fingerprint density at radius 3 is 2.67 bits per heavy atom. The number of hydrogen-bond acceptors (Lipinski definition) is 4. The summed E-state index contributed by atoms with van der Waals surface area (Å²) in [5.74, 6) is 0.832. The molecule has 140 valence electrons. The van der Waals surface area contributed by atoms with E-state index in [4.69, 9.17) is 11.6 Å². The van der Waals surface area contributed by atoms with Crippen LogP contribution in [0.4, 0.5) is 5.82 Å². The minimum atomic E-state index is 0.318. The largest absolute Gasteiger partial charge is 0.366 e. The molecule has 0 bridgehead atoms. The van der Waals surface area contributed by atoms with Crippen molar-refractivity contribution in [3.8, 4) is 6.07 Å². The van der Waals surface area contributed by atoms with Crippen molar-refractivity contribution in [2.24, 2.45) is 0 Å². The topological polar surface area (TPSA) is 52.0 Å². The van der Waals surface area contributed by atoms with E-state index in [9.17, 15) is 5.26 Å². The molecule has 0 saturated heterocycles. The van der Waals surface area contributed by atoms with E-state index in [0.29, 0.717) is 23.3 Å². The van der Waals surface area contributed by atoms with Gasteiger partial charge in [-0.05, 0) is 30.4 Å². The zero-order chi connectivity index (χ0) is 18.6. The first kappa shape index (κ1) is 18.3. The quantitative estimate of drug-likeness (QED) is 0.765. The Kier molecular flexibility index (Phi) is 5.61. The molecule has 0 atom stereocenters. The number of anilines is 1. The van der Waals surface area contributed by atoms with Crippen molar-refractivity contribution >= 4 is 17.4 Å². The number of fused-ring (bicyclic) bond motifs is 1. The first-order chi connectivity index (χ1) is 13.3. The van der Waals surface area contributed by atoms with E-state index in [2.05, 4.69) is 33.4 Å². The van der Waals surface area contributed by atoms with E-state index in [1.54, 1.807) is 0 Å². The lowest BCUT2D eigenvalue weighted by atomic mass is 9.90. The first-order valence-electron chi connectivity index (χ1n) is 9.89. The number of nitrogens with zero attached hydrogens (tertiary/aromatic N) is 3. The third-order valence-electron chi connectivity index (χ3n) is 5.88. The maximum Gasteiger partial charge on any atom is 0.149 e. The summed E-state index contributed by atoms with van der Waals surface area (Å²) in [5.41, 5.74) is 4.00. The molecule has 1 aromatic carbocycles. The highest BCUT2D eigenvalue weighted by Gasteiger charge is 2.29. The van der Waals surface area contributed by atoms with E-state index in [1.165, 1.54) is 37.7 Å². The molecule has 1 aromatic heterocycles. The fourth-order valence-electron chi connectivity index (χ4n) is 4.42. The van der Waals surface area contributed by atoms with E-state index >= 15 is 0 Å². The number of aromatic nitrogens is 1. The van der Waals surface area contributed by atoms with Crippen LogP contribution in [0.3, 0.4) is 0 Å². The van der Waals surface area contributed by atoms with Gasteiger partial charge in [-0.25, -0.2) is 4.98 Å². The Bertz CT molecular complexity index is 838. The summed E-state index contributed by atoms with van der Waals surface area (Å²) in [4.78, 5) is 7.15. The van der Waals surface area contributed by atoms with Gasteiger partial charge in [-0.15, -0.1) is 0 Å². The molecule has 4 rings (SSSR count). The predicted molar refractivity (Wildman–Crippen MR) is 109 cm³/mol. The van der Waals surface area contributed by atoms with Crippen LogP contribution in [-0.2, 0) is 19.5 Å². The number of benzene rings is 1. The molecule has 2 aliphatic rings. The molecule has 0 spiro atoms. The molecular formula is C22H25ClN4. The Morgan fingerprint density at radius 2 is 1.93 bits per heavy atom. The molecule has 5 heteroatoms. The maximum atomic E-state index is 9.58. The second-order valence-corrected chi connectivity index (χ2v) is 7.90. The van der Waals surface area contributed by atoms with Gasteiger partial charge >= 0.3 is 0 Å². The number of rotatable bonds is 4. The lowest BCUT2D eigenvalue weighted by Gasteiger charge is -2.38. The molecule has 2 aromatic rings. The van der Waals surface area contributed by atoms with Gasteiger partial charge in [0.1, 0.15) is 17.0 Å². The molecule has 1 N–H and O–H groups in total. The highest BCUT2D eigenvalue weighted by Crippen LogP contribution is 2.34. The Balaban J connectivity index is 1.61. The molecule has 1 aliphatic carbocycles. The van der Waals surface area contributed by atoms with Crippen molar-refractivity contribution in [1.82, 2.24) is 9.88 Å². The van der Waals surface area contributed by atoms with E-state index < -0.39 is 0 Å². The first-order valence-corrected chi connectivity index (χ1v) is 10.3. The smallest absolute Gasteiger partial charge is 0.149 e. The number of pyridine rings is 1. The minimum Gasteiger partial charge on any atom is -0.366 e. The summed E-state index contributed by atoms with van der Waals surface area (Å²) in [6.07, 6.45) is 7.46. The van der Waals surface area contributed by atoms with Crippen LogP contribution in [0.25, 0.3) is 0 Å². The van der Waals surface area contributed by atoms with E-state index in [-0.39, 0.29) is 0 Å². The molecule has 4 nitrogen and oxygen atoms in total. The van der Waals surface area contributed by atoms with Crippen LogP contribution in [0.1, 0.15) is 54.4 Å². The van der Waals surface area contributed by atoms with Gasteiger partial charge in [-0.3, -0.25) is 4.90 Å². The van der Waals surface area contributed by atoms with Crippen LogP contribution in [0.5, 0.6) is 0 Å². The fourth-order valence-corrected chi connectivity index (χ4v) is 4.66. The maximum absolute atomic E-state index is 9.58. The van der Waals surface area contributed by atoms with Gasteiger partial charge in [0.05, 0.1) is 5.56 Å². The molecule has 1 fully saturated rings. The van der Waals surface area contributed by atoms with Crippen molar-refractivity contribution in [3.05, 3.63) is 57.7 Å². The van der Waals surface area contributed by atoms with Gasteiger partial charge in [0.25, 0.3) is 0 Å². The van der Waals surface area contributed by atoms with Gasteiger partial charge in [-0.1, -0.05) is 61.2 Å². The molecule has 0 unspecified atom stereocenters. The number of halogens is 1. The number of nitriles is 1. The predicted octanol–water partition coefficient (Wildman–Crippen LogP) is 4.91. The zero-order valence-electron chi connectivity index (χ0n) is 15.5. The third-order valence-corrected chi connectivity index (χ3v) is 6.16. The van der Waals surface area contributed by atoms with Crippen LogP contribution >= 0.6 is 11.6 Å². The SMILES string of the molecule is N#Cc1c(Cl)nc(NCc2ccccc2)c2c1CCN(C1CCCCC1)C2. The fraction of sp³-hybridized carbons (Fsp3) is 0.455. The monoisotopic (exact) mass is 380 g/mol. The molecule has 1 saturated carbocycles. The minimum absolute atomic E-state index is 0.318. The number of nitrogens with one attached hydrogen (secondary N) is 1. The molecular weight excluding hydrogens is 356 g/mol. The average molecular weight is 381 g/mol. The zero-order valence-corrected chi connectivity index (χ0v) is 16.3. The standard InChI is InChI=1S/C22H25ClN4/c23-21-19(13-24)18-11-12-27(17-9-5-2-6-10-17)15-20(18)22(26-21)25-14-16-7-3-1-4-8-16/h1,3-4,7-8,17H,2,5-6,9-12,14-15H2,(H,25,26). The Morgan fingerprint density at radius 1 is 1.15 bits per heavy atom. The Hall–Kier alpha value is -2.09. The summed E-state index contributed by atoms with van der Waals surface area (Å²) >= 11 is 6.35. The average Bonchev–Trinajstić information content (AvgIpc) is 2.73. The van der Waals surface area contributed by atoms with Gasteiger partial charge in [0.2, 0.25) is 0 Å². The lowest BCUT2D eigenvalue weighted by Crippen LogP contribution is -2.41. The van der Waals surface area contributed by atoms with E-state index in [1.807, 2.05) is 18.2 Å². The third kappa shape index (κ3) is 3.95. The second-order valence-electron chi connectivity index (χ2n) is 7.55. The Labute approximate surface area is 166 Å². The summed E-state index contributed by atoms with van der Waals surface area (Å²) in [7, 11) is 0. The van der Waals surface area contributed by atoms with Gasteiger partial charge in [-0.2, -0.15) is 5.26 Å². The van der Waals surface area contributed by atoms with Crippen molar-refractivity contribution in [3.63, 3.8) is 0 Å². The molecule has 0 radical (unpaired) electrons. The van der Waals surface area contributed by atoms with Crippen LogP contribution in [0, 0.1) is 11.3 Å². The summed E-state index contributed by atoms with van der Waals surface area (Å²) in [6, 6.07) is 13.2. The summed E-state index contributed by atoms with van der Waals surface area (Å²) in [6.45, 7) is 2.56. The highest BCUT2D eigenvalue weighted by atomic mass is 35.5. The molecule has 1 aliphatic heterocycles. The lowest BCUT2D eigenvalue weighted by molar-refractivity contribution is 0.141. The van der Waals surface area contributed by atoms with Gasteiger partial charge in [0.15, 0.2) is 0 Å². The van der Waals surface area contributed by atoms with E-state index in [0.717, 1.165) is 36.5 Å². The summed E-state index contributed by atoms with van der Waals surface area (Å²) in [5, 5.41) is 13.4. The van der Waals surface area contributed by atoms with Crippen LogP contribution in [0.15, 0.2) is 30.3 Å². The second kappa shape index (κ2) is 8.29. The normalized spacial score (nSPS) is 17.9. The molecule has 2 heterocycles. The van der Waals surface area contributed by atoms with Crippen LogP contribution in [0.2, 0.25) is 5.15 Å². The van der Waals surface area contributed by atoms with Crippen molar-refractivity contribution < 1.29 is 0 Å². The van der Waals surface area contributed by atoms with Crippen molar-refractivity contribution in [2.75, 3.05) is 11.9 Å². The number of hydrogen-bond donors (Lipinski definition) is 1. The van der Waals surface area contributed by atoms with Crippen molar-refractivity contribution in [1.29, 1.82) is 5.26 Å². The summed E-state index contributed by atoms with van der Waals surface area (Å²) < 4.78 is 0.